The Kier molecular flexibility index (Phi) is 6.47. The van der Waals surface area contributed by atoms with Gasteiger partial charge >= 0.3 is 5.97 Å². The van der Waals surface area contributed by atoms with Crippen molar-refractivity contribution in [2.24, 2.45) is 5.92 Å². The number of hydrogen-bond acceptors (Lipinski definition) is 5. The van der Waals surface area contributed by atoms with Gasteiger partial charge in [0.25, 0.3) is 5.91 Å². The number of rotatable bonds is 6. The number of benzene rings is 2. The minimum atomic E-state index is -1.26. The van der Waals surface area contributed by atoms with Crippen molar-refractivity contribution in [3.05, 3.63) is 59.1 Å². The van der Waals surface area contributed by atoms with Crippen LogP contribution in [-0.2, 0) is 9.59 Å². The molecule has 3 N–H and O–H groups in total. The summed E-state index contributed by atoms with van der Waals surface area (Å²) < 4.78 is 0.980. The molecule has 0 bridgehead atoms. The fraction of sp³-hybridized carbons (Fsp3) is 0.360. The van der Waals surface area contributed by atoms with Gasteiger partial charge in [-0.3, -0.25) is 9.59 Å². The van der Waals surface area contributed by atoms with Crippen LogP contribution in [0.5, 0.6) is 0 Å². The highest BCUT2D eigenvalue weighted by Gasteiger charge is 2.33. The van der Waals surface area contributed by atoms with E-state index in [1.807, 2.05) is 36.4 Å². The molecule has 0 saturated heterocycles. The van der Waals surface area contributed by atoms with E-state index in [4.69, 9.17) is 0 Å². The zero-order valence-corrected chi connectivity index (χ0v) is 19.4. The number of nitrogens with zero attached hydrogens (tertiary/aromatic N) is 1. The van der Waals surface area contributed by atoms with Crippen LogP contribution in [0.1, 0.15) is 61.4 Å². The summed E-state index contributed by atoms with van der Waals surface area (Å²) in [7, 11) is 0. The summed E-state index contributed by atoms with van der Waals surface area (Å²) in [6.45, 7) is 2.99. The predicted octanol–water partition coefficient (Wildman–Crippen LogP) is 4.80. The average molecular weight is 466 g/mol. The number of carboxylic acid groups (broad SMARTS) is 1. The SMILES string of the molecule is CC(C)(NC(=O)[C@H]1CC[C@H](c2ccc(NC(=O)c3ccc4ncsc4c3)cc2)CC1)C(=O)O. The number of carboxylic acids is 1. The van der Waals surface area contributed by atoms with Crippen molar-refractivity contribution in [3.63, 3.8) is 0 Å². The molecule has 1 aromatic heterocycles. The normalized spacial score (nSPS) is 18.6. The molecule has 4 rings (SSSR count). The molecule has 1 aliphatic rings. The first-order chi connectivity index (χ1) is 15.7. The van der Waals surface area contributed by atoms with E-state index < -0.39 is 11.5 Å². The second kappa shape index (κ2) is 9.31. The molecule has 172 valence electrons. The van der Waals surface area contributed by atoms with Crippen LogP contribution in [0.4, 0.5) is 5.69 Å². The molecular formula is C25H27N3O4S. The van der Waals surface area contributed by atoms with Crippen molar-refractivity contribution in [2.75, 3.05) is 5.32 Å². The lowest BCUT2D eigenvalue weighted by molar-refractivity contribution is -0.146. The van der Waals surface area contributed by atoms with Gasteiger partial charge in [0.05, 0.1) is 15.7 Å². The Hall–Kier alpha value is -3.26. The predicted molar refractivity (Wildman–Crippen MR) is 129 cm³/mol. The lowest BCUT2D eigenvalue weighted by atomic mass is 9.78. The van der Waals surface area contributed by atoms with Gasteiger partial charge in [-0.15, -0.1) is 11.3 Å². The van der Waals surface area contributed by atoms with Crippen molar-refractivity contribution in [1.29, 1.82) is 0 Å². The van der Waals surface area contributed by atoms with Gasteiger partial charge in [0, 0.05) is 17.2 Å². The Labute approximate surface area is 196 Å². The van der Waals surface area contributed by atoms with Gasteiger partial charge < -0.3 is 15.7 Å². The fourth-order valence-corrected chi connectivity index (χ4v) is 4.91. The van der Waals surface area contributed by atoms with E-state index in [1.165, 1.54) is 30.7 Å². The van der Waals surface area contributed by atoms with Crippen LogP contribution in [0.25, 0.3) is 10.2 Å². The molecule has 1 fully saturated rings. The molecule has 1 saturated carbocycles. The number of carbonyl (C=O) groups is 3. The maximum Gasteiger partial charge on any atom is 0.328 e. The van der Waals surface area contributed by atoms with Crippen LogP contribution in [-0.4, -0.2) is 33.4 Å². The maximum absolute atomic E-state index is 12.6. The Bertz CT molecular complexity index is 1180. The van der Waals surface area contributed by atoms with Crippen LogP contribution in [0.3, 0.4) is 0 Å². The second-order valence-electron chi connectivity index (χ2n) is 9.08. The van der Waals surface area contributed by atoms with E-state index in [0.29, 0.717) is 11.5 Å². The fourth-order valence-electron chi connectivity index (χ4n) is 4.19. The number of aliphatic carboxylic acids is 1. The number of amides is 2. The maximum atomic E-state index is 12.6. The summed E-state index contributed by atoms with van der Waals surface area (Å²) in [5.41, 5.74) is 3.90. The molecule has 0 atom stereocenters. The van der Waals surface area contributed by atoms with E-state index in [1.54, 1.807) is 11.6 Å². The van der Waals surface area contributed by atoms with Gasteiger partial charge in [0.2, 0.25) is 5.91 Å². The Balaban J connectivity index is 1.32. The molecule has 3 aromatic rings. The van der Waals surface area contributed by atoms with Crippen LogP contribution >= 0.6 is 11.3 Å². The highest BCUT2D eigenvalue weighted by Crippen LogP contribution is 2.36. The molecule has 0 aliphatic heterocycles. The van der Waals surface area contributed by atoms with Crippen LogP contribution < -0.4 is 10.6 Å². The number of fused-ring (bicyclic) bond motifs is 1. The van der Waals surface area contributed by atoms with Crippen molar-refractivity contribution in [3.8, 4) is 0 Å². The molecule has 2 amide bonds. The van der Waals surface area contributed by atoms with Gasteiger partial charge in [-0.2, -0.15) is 0 Å². The lowest BCUT2D eigenvalue weighted by Crippen LogP contribution is -2.51. The van der Waals surface area contributed by atoms with Crippen molar-refractivity contribution >= 4 is 45.0 Å². The monoisotopic (exact) mass is 465 g/mol. The molecule has 1 heterocycles. The third kappa shape index (κ3) is 5.22. The molecule has 2 aromatic carbocycles. The molecule has 0 spiro atoms. The Morgan fingerprint density at radius 3 is 2.39 bits per heavy atom. The van der Waals surface area contributed by atoms with E-state index >= 15 is 0 Å². The number of hydrogen-bond donors (Lipinski definition) is 3. The summed E-state index contributed by atoms with van der Waals surface area (Å²) in [6.07, 6.45) is 3.19. The van der Waals surface area contributed by atoms with Crippen molar-refractivity contribution < 1.29 is 19.5 Å². The van der Waals surface area contributed by atoms with Crippen LogP contribution in [0.2, 0.25) is 0 Å². The second-order valence-corrected chi connectivity index (χ2v) is 9.97. The minimum Gasteiger partial charge on any atom is -0.480 e. The third-order valence-corrected chi connectivity index (χ3v) is 7.09. The number of nitrogens with one attached hydrogen (secondary N) is 2. The average Bonchev–Trinajstić information content (AvgIpc) is 3.27. The van der Waals surface area contributed by atoms with E-state index in [-0.39, 0.29) is 17.7 Å². The molecule has 33 heavy (non-hydrogen) atoms. The summed E-state index contributed by atoms with van der Waals surface area (Å²) in [5, 5.41) is 14.8. The van der Waals surface area contributed by atoms with Gasteiger partial charge in [-0.05, 0) is 81.3 Å². The van der Waals surface area contributed by atoms with Crippen molar-refractivity contribution in [2.45, 2.75) is 51.0 Å². The quantitative estimate of drug-likeness (QED) is 0.484. The topological polar surface area (TPSA) is 108 Å². The van der Waals surface area contributed by atoms with Gasteiger partial charge in [-0.25, -0.2) is 9.78 Å². The smallest absolute Gasteiger partial charge is 0.328 e. The van der Waals surface area contributed by atoms with Gasteiger partial charge in [-0.1, -0.05) is 12.1 Å². The van der Waals surface area contributed by atoms with Gasteiger partial charge in [0.1, 0.15) is 5.54 Å². The van der Waals surface area contributed by atoms with E-state index in [2.05, 4.69) is 15.6 Å². The highest BCUT2D eigenvalue weighted by molar-refractivity contribution is 7.16. The van der Waals surface area contributed by atoms with Crippen molar-refractivity contribution in [1.82, 2.24) is 10.3 Å². The minimum absolute atomic E-state index is 0.158. The highest BCUT2D eigenvalue weighted by atomic mass is 32.1. The molecular weight excluding hydrogens is 438 g/mol. The lowest BCUT2D eigenvalue weighted by Gasteiger charge is -2.30. The summed E-state index contributed by atoms with van der Waals surface area (Å²) in [6, 6.07) is 13.4. The summed E-state index contributed by atoms with van der Waals surface area (Å²) >= 11 is 1.51. The first-order valence-electron chi connectivity index (χ1n) is 11.0. The molecule has 8 heteroatoms. The number of thiazole rings is 1. The summed E-state index contributed by atoms with van der Waals surface area (Å²) in [5.74, 6) is -1.19. The molecule has 7 nitrogen and oxygen atoms in total. The first kappa shape index (κ1) is 22.9. The summed E-state index contributed by atoms with van der Waals surface area (Å²) in [4.78, 5) is 40.6. The first-order valence-corrected chi connectivity index (χ1v) is 11.9. The van der Waals surface area contributed by atoms with E-state index in [9.17, 15) is 19.5 Å². The van der Waals surface area contributed by atoms with E-state index in [0.717, 1.165) is 41.6 Å². The largest absolute Gasteiger partial charge is 0.480 e. The Morgan fingerprint density at radius 2 is 1.73 bits per heavy atom. The molecule has 1 aliphatic carbocycles. The Morgan fingerprint density at radius 1 is 1.03 bits per heavy atom. The number of carbonyl (C=O) groups excluding carboxylic acids is 2. The zero-order valence-electron chi connectivity index (χ0n) is 18.6. The molecule has 0 radical (unpaired) electrons. The number of aromatic nitrogens is 1. The zero-order chi connectivity index (χ0) is 23.6. The van der Waals surface area contributed by atoms with Gasteiger partial charge in [0.15, 0.2) is 0 Å². The number of anilines is 1. The molecule has 0 unspecified atom stereocenters. The van der Waals surface area contributed by atoms with Crippen LogP contribution in [0, 0.1) is 5.92 Å². The van der Waals surface area contributed by atoms with Crippen LogP contribution in [0.15, 0.2) is 48.0 Å². The third-order valence-electron chi connectivity index (χ3n) is 6.30. The standard InChI is InChI=1S/C25H27N3O4S/c1-25(2,24(31)32)28-23(30)17-5-3-15(4-6-17)16-7-10-19(11-8-16)27-22(29)18-9-12-20-21(13-18)33-14-26-20/h7-15,17H,3-6H2,1-2H3,(H,27,29)(H,28,30)(H,31,32)/t15-,17-.